The Labute approximate surface area is 112 Å². The highest BCUT2D eigenvalue weighted by molar-refractivity contribution is 5.76. The van der Waals surface area contributed by atoms with Gasteiger partial charge in [0.25, 0.3) is 0 Å². The summed E-state index contributed by atoms with van der Waals surface area (Å²) in [5.74, 6) is 1.11. The van der Waals surface area contributed by atoms with Gasteiger partial charge in [-0.3, -0.25) is 9.69 Å². The molecule has 0 radical (unpaired) electrons. The highest BCUT2D eigenvalue weighted by atomic mass is 16.2. The first kappa shape index (κ1) is 13.9. The van der Waals surface area contributed by atoms with Crippen molar-refractivity contribution in [3.8, 4) is 0 Å². The summed E-state index contributed by atoms with van der Waals surface area (Å²) in [5, 5.41) is 0. The van der Waals surface area contributed by atoms with Crippen LogP contribution in [0, 0.1) is 5.92 Å². The Morgan fingerprint density at radius 3 is 2.33 bits per heavy atom. The normalized spacial score (nSPS) is 28.1. The number of amides is 1. The molecule has 3 nitrogen and oxygen atoms in total. The Balaban J connectivity index is 1.79. The maximum absolute atomic E-state index is 12.2. The lowest BCUT2D eigenvalue weighted by Crippen LogP contribution is -2.55. The summed E-state index contributed by atoms with van der Waals surface area (Å²) in [7, 11) is 0. The average Bonchev–Trinajstić information content (AvgIpc) is 2.57. The van der Waals surface area contributed by atoms with Gasteiger partial charge in [-0.1, -0.05) is 27.2 Å². The molecule has 0 aromatic carbocycles. The van der Waals surface area contributed by atoms with Crippen molar-refractivity contribution in [2.75, 3.05) is 19.6 Å². The second-order valence-corrected chi connectivity index (χ2v) is 6.30. The zero-order valence-electron chi connectivity index (χ0n) is 12.2. The van der Waals surface area contributed by atoms with Gasteiger partial charge in [0.05, 0.1) is 0 Å². The number of piperazine rings is 1. The monoisotopic (exact) mass is 252 g/mol. The fourth-order valence-electron chi connectivity index (χ4n) is 3.53. The van der Waals surface area contributed by atoms with Crippen molar-refractivity contribution in [1.29, 1.82) is 0 Å². The Morgan fingerprint density at radius 2 is 1.83 bits per heavy atom. The summed E-state index contributed by atoms with van der Waals surface area (Å²) in [6.07, 6.45) is 5.56. The summed E-state index contributed by atoms with van der Waals surface area (Å²) >= 11 is 0. The predicted octanol–water partition coefficient (Wildman–Crippen LogP) is 2.51. The van der Waals surface area contributed by atoms with Gasteiger partial charge in [0.2, 0.25) is 5.91 Å². The zero-order chi connectivity index (χ0) is 13.1. The lowest BCUT2D eigenvalue weighted by Gasteiger charge is -2.40. The predicted molar refractivity (Wildman–Crippen MR) is 74.5 cm³/mol. The molecule has 2 fully saturated rings. The van der Waals surface area contributed by atoms with Gasteiger partial charge in [0.15, 0.2) is 0 Å². The van der Waals surface area contributed by atoms with Gasteiger partial charge in [-0.15, -0.1) is 0 Å². The minimum atomic E-state index is 0.392. The number of likely N-dealkylation sites (N-methyl/N-ethyl adjacent to an activating group) is 1. The van der Waals surface area contributed by atoms with Crippen LogP contribution in [-0.4, -0.2) is 47.4 Å². The van der Waals surface area contributed by atoms with Gasteiger partial charge in [-0.25, -0.2) is 0 Å². The largest absolute Gasteiger partial charge is 0.340 e. The maximum Gasteiger partial charge on any atom is 0.222 e. The molecule has 2 aliphatic heterocycles. The second kappa shape index (κ2) is 6.05. The Hall–Kier alpha value is -0.570. The van der Waals surface area contributed by atoms with Gasteiger partial charge in [-0.05, 0) is 31.7 Å². The highest BCUT2D eigenvalue weighted by Gasteiger charge is 2.39. The molecule has 0 aromatic heterocycles. The Morgan fingerprint density at radius 1 is 1.22 bits per heavy atom. The first-order chi connectivity index (χ1) is 8.61. The lowest BCUT2D eigenvalue weighted by atomic mass is 10.1. The molecule has 104 valence electrons. The molecule has 2 aliphatic rings. The standard InChI is InChI=1S/C15H28N2O/c1-4-17-13-8-9-14(17)11-16(10-13)15(18)7-5-6-12(2)3/h12-14H,4-11H2,1-3H3/t13-,14+. The highest BCUT2D eigenvalue weighted by Crippen LogP contribution is 2.30. The summed E-state index contributed by atoms with van der Waals surface area (Å²) in [4.78, 5) is 16.9. The van der Waals surface area contributed by atoms with Crippen molar-refractivity contribution in [1.82, 2.24) is 9.80 Å². The van der Waals surface area contributed by atoms with Crippen LogP contribution in [0.15, 0.2) is 0 Å². The third-order valence-electron chi connectivity index (χ3n) is 4.52. The van der Waals surface area contributed by atoms with Crippen LogP contribution in [0.4, 0.5) is 0 Å². The average molecular weight is 252 g/mol. The van der Waals surface area contributed by atoms with Crippen molar-refractivity contribution in [3.63, 3.8) is 0 Å². The number of hydrogen-bond acceptors (Lipinski definition) is 2. The molecule has 2 bridgehead atoms. The quantitative estimate of drug-likeness (QED) is 0.750. The number of likely N-dealkylation sites (tertiary alicyclic amines) is 1. The molecule has 0 saturated carbocycles. The molecule has 2 rings (SSSR count). The van der Waals surface area contributed by atoms with Crippen molar-refractivity contribution in [2.45, 2.75) is 65.0 Å². The number of carbonyl (C=O) groups is 1. The van der Waals surface area contributed by atoms with Crippen LogP contribution in [0.3, 0.4) is 0 Å². The Kier molecular flexibility index (Phi) is 4.66. The summed E-state index contributed by atoms with van der Waals surface area (Å²) in [6.45, 7) is 9.79. The van der Waals surface area contributed by atoms with E-state index in [9.17, 15) is 4.79 Å². The minimum Gasteiger partial charge on any atom is -0.340 e. The van der Waals surface area contributed by atoms with Crippen molar-refractivity contribution in [3.05, 3.63) is 0 Å². The van der Waals surface area contributed by atoms with Crippen LogP contribution in [-0.2, 0) is 4.79 Å². The molecule has 3 heteroatoms. The van der Waals surface area contributed by atoms with E-state index in [1.807, 2.05) is 0 Å². The third kappa shape index (κ3) is 3.05. The van der Waals surface area contributed by atoms with E-state index in [1.54, 1.807) is 0 Å². The molecule has 0 unspecified atom stereocenters. The second-order valence-electron chi connectivity index (χ2n) is 6.30. The third-order valence-corrected chi connectivity index (χ3v) is 4.52. The van der Waals surface area contributed by atoms with Crippen LogP contribution in [0.25, 0.3) is 0 Å². The first-order valence-corrected chi connectivity index (χ1v) is 7.65. The first-order valence-electron chi connectivity index (χ1n) is 7.65. The van der Waals surface area contributed by atoms with E-state index in [0.717, 1.165) is 32.5 Å². The fraction of sp³-hybridized carbons (Fsp3) is 0.933. The van der Waals surface area contributed by atoms with Crippen LogP contribution >= 0.6 is 0 Å². The number of fused-ring (bicyclic) bond motifs is 2. The molecule has 0 spiro atoms. The van der Waals surface area contributed by atoms with E-state index >= 15 is 0 Å². The fourth-order valence-corrected chi connectivity index (χ4v) is 3.53. The van der Waals surface area contributed by atoms with Crippen LogP contribution in [0.5, 0.6) is 0 Å². The van der Waals surface area contributed by atoms with Crippen molar-refractivity contribution in [2.24, 2.45) is 5.92 Å². The van der Waals surface area contributed by atoms with E-state index in [0.29, 0.717) is 23.9 Å². The van der Waals surface area contributed by atoms with E-state index in [-0.39, 0.29) is 0 Å². The van der Waals surface area contributed by atoms with Gasteiger partial charge in [0.1, 0.15) is 0 Å². The van der Waals surface area contributed by atoms with Crippen LogP contribution in [0.1, 0.15) is 52.9 Å². The van der Waals surface area contributed by atoms with Crippen molar-refractivity contribution < 1.29 is 4.79 Å². The van der Waals surface area contributed by atoms with E-state index < -0.39 is 0 Å². The SMILES string of the molecule is CCN1[C@@H]2CC[C@H]1CN(C(=O)CCCC(C)C)C2. The summed E-state index contributed by atoms with van der Waals surface area (Å²) in [5.41, 5.74) is 0. The smallest absolute Gasteiger partial charge is 0.222 e. The molecule has 2 heterocycles. The van der Waals surface area contributed by atoms with Crippen molar-refractivity contribution >= 4 is 5.91 Å². The number of nitrogens with zero attached hydrogens (tertiary/aromatic N) is 2. The molecule has 2 atom stereocenters. The Bertz CT molecular complexity index is 276. The van der Waals surface area contributed by atoms with Crippen LogP contribution in [0.2, 0.25) is 0 Å². The van der Waals surface area contributed by atoms with Gasteiger partial charge >= 0.3 is 0 Å². The van der Waals surface area contributed by atoms with Gasteiger partial charge in [-0.2, -0.15) is 0 Å². The molecule has 0 N–H and O–H groups in total. The number of hydrogen-bond donors (Lipinski definition) is 0. The molecular formula is C15H28N2O. The van der Waals surface area contributed by atoms with Gasteiger partial charge in [0, 0.05) is 31.6 Å². The molecule has 2 saturated heterocycles. The number of carbonyl (C=O) groups excluding carboxylic acids is 1. The van der Waals surface area contributed by atoms with Crippen LogP contribution < -0.4 is 0 Å². The molecular weight excluding hydrogens is 224 g/mol. The molecule has 0 aromatic rings. The molecule has 0 aliphatic carbocycles. The molecule has 18 heavy (non-hydrogen) atoms. The van der Waals surface area contributed by atoms with E-state index in [4.69, 9.17) is 0 Å². The van der Waals surface area contributed by atoms with Gasteiger partial charge < -0.3 is 4.90 Å². The van der Waals surface area contributed by atoms with E-state index in [1.165, 1.54) is 19.3 Å². The molecule has 1 amide bonds. The maximum atomic E-state index is 12.2. The summed E-state index contributed by atoms with van der Waals surface area (Å²) in [6, 6.07) is 1.28. The summed E-state index contributed by atoms with van der Waals surface area (Å²) < 4.78 is 0. The zero-order valence-corrected chi connectivity index (χ0v) is 12.2. The topological polar surface area (TPSA) is 23.6 Å². The lowest BCUT2D eigenvalue weighted by molar-refractivity contribution is -0.134. The minimum absolute atomic E-state index is 0.392. The van der Waals surface area contributed by atoms with E-state index in [2.05, 4.69) is 30.6 Å². The number of rotatable bonds is 5.